The van der Waals surface area contributed by atoms with Crippen molar-refractivity contribution in [1.29, 1.82) is 0 Å². The highest BCUT2D eigenvalue weighted by Crippen LogP contribution is 2.36. The van der Waals surface area contributed by atoms with E-state index in [2.05, 4.69) is 0 Å². The molecule has 15 heavy (non-hydrogen) atoms. The fourth-order valence-corrected chi connectivity index (χ4v) is 1.91. The van der Waals surface area contributed by atoms with Crippen LogP contribution in [-0.2, 0) is 4.79 Å². The molecule has 1 rings (SSSR count). The lowest BCUT2D eigenvalue weighted by Gasteiger charge is -2.33. The van der Waals surface area contributed by atoms with Gasteiger partial charge in [-0.15, -0.1) is 0 Å². The first-order valence-corrected chi connectivity index (χ1v) is 5.20. The van der Waals surface area contributed by atoms with Crippen LogP contribution in [0.1, 0.15) is 25.7 Å². The first kappa shape index (κ1) is 12.4. The van der Waals surface area contributed by atoms with Gasteiger partial charge in [-0.3, -0.25) is 4.79 Å². The van der Waals surface area contributed by atoms with Crippen LogP contribution in [-0.4, -0.2) is 42.0 Å². The highest BCUT2D eigenvalue weighted by molar-refractivity contribution is 5.66. The zero-order chi connectivity index (χ0) is 11.5. The van der Waals surface area contributed by atoms with Gasteiger partial charge in [-0.1, -0.05) is 0 Å². The molecule has 1 heterocycles. The van der Waals surface area contributed by atoms with Crippen molar-refractivity contribution in [3.05, 3.63) is 0 Å². The van der Waals surface area contributed by atoms with Crippen molar-refractivity contribution >= 4 is 5.97 Å². The molecular weight excluding hydrogens is 204 g/mol. The number of piperidine rings is 1. The summed E-state index contributed by atoms with van der Waals surface area (Å²) in [5.41, 5.74) is 0. The van der Waals surface area contributed by atoms with E-state index < -0.39 is 30.7 Å². The number of carboxylic acid groups (broad SMARTS) is 1. The van der Waals surface area contributed by atoms with Crippen LogP contribution in [0.5, 0.6) is 0 Å². The average Bonchev–Trinajstić information content (AvgIpc) is 2.16. The molecule has 88 valence electrons. The first-order chi connectivity index (χ1) is 6.92. The normalized spacial score (nSPS) is 20.5. The Morgan fingerprint density at radius 2 is 2.00 bits per heavy atom. The van der Waals surface area contributed by atoms with Gasteiger partial charge in [0.2, 0.25) is 0 Å². The van der Waals surface area contributed by atoms with Gasteiger partial charge in [0.15, 0.2) is 0 Å². The van der Waals surface area contributed by atoms with Gasteiger partial charge < -0.3 is 10.0 Å². The first-order valence-electron chi connectivity index (χ1n) is 5.20. The molecule has 0 spiro atoms. The third-order valence-electron chi connectivity index (χ3n) is 2.99. The number of halogens is 2. The molecule has 0 saturated carbocycles. The quantitative estimate of drug-likeness (QED) is 0.787. The summed E-state index contributed by atoms with van der Waals surface area (Å²) in [6, 6.07) is 0. The minimum absolute atomic E-state index is 0.445. The van der Waals surface area contributed by atoms with Gasteiger partial charge in [0.1, 0.15) is 0 Å². The van der Waals surface area contributed by atoms with Crippen molar-refractivity contribution in [3.63, 3.8) is 0 Å². The van der Waals surface area contributed by atoms with Crippen LogP contribution in [0.3, 0.4) is 0 Å². The van der Waals surface area contributed by atoms with E-state index in [9.17, 15) is 13.6 Å². The summed E-state index contributed by atoms with van der Waals surface area (Å²) in [4.78, 5) is 12.3. The molecular formula is C10H17F2NO2. The van der Waals surface area contributed by atoms with E-state index in [1.807, 2.05) is 11.9 Å². The number of hydrogen-bond acceptors (Lipinski definition) is 2. The largest absolute Gasteiger partial charge is 0.481 e. The molecule has 0 atom stereocenters. The van der Waals surface area contributed by atoms with Gasteiger partial charge in [-0.25, -0.2) is 8.78 Å². The Bertz CT molecular complexity index is 225. The third kappa shape index (κ3) is 3.74. The molecule has 0 aromatic rings. The van der Waals surface area contributed by atoms with Crippen molar-refractivity contribution in [3.8, 4) is 0 Å². The van der Waals surface area contributed by atoms with E-state index in [4.69, 9.17) is 5.11 Å². The van der Waals surface area contributed by atoms with Crippen molar-refractivity contribution in [2.24, 2.45) is 5.92 Å². The number of carboxylic acids is 1. The van der Waals surface area contributed by atoms with Crippen LogP contribution in [0.2, 0.25) is 0 Å². The second-order valence-corrected chi connectivity index (χ2v) is 4.23. The minimum Gasteiger partial charge on any atom is -0.481 e. The number of hydrogen-bond donors (Lipinski definition) is 1. The number of rotatable bonds is 4. The Hall–Kier alpha value is -0.710. The number of likely N-dealkylation sites (tertiary alicyclic amines) is 1. The lowest BCUT2D eigenvalue weighted by molar-refractivity contribution is -0.141. The van der Waals surface area contributed by atoms with Crippen LogP contribution in [0.25, 0.3) is 0 Å². The average molecular weight is 221 g/mol. The predicted octanol–water partition coefficient (Wildman–Crippen LogP) is 1.83. The van der Waals surface area contributed by atoms with E-state index in [1.54, 1.807) is 0 Å². The fourth-order valence-electron chi connectivity index (χ4n) is 1.91. The van der Waals surface area contributed by atoms with Gasteiger partial charge in [-0.05, 0) is 33.0 Å². The molecule has 0 radical (unpaired) electrons. The molecule has 1 N–H and O–H groups in total. The predicted molar refractivity (Wildman–Crippen MR) is 52.0 cm³/mol. The monoisotopic (exact) mass is 221 g/mol. The minimum atomic E-state index is -2.82. The zero-order valence-electron chi connectivity index (χ0n) is 8.88. The molecule has 1 saturated heterocycles. The van der Waals surface area contributed by atoms with E-state index in [1.165, 1.54) is 0 Å². The van der Waals surface area contributed by atoms with E-state index in [0.29, 0.717) is 25.9 Å². The summed E-state index contributed by atoms with van der Waals surface area (Å²) in [6.07, 6.45) is -0.0533. The molecule has 0 aliphatic carbocycles. The van der Waals surface area contributed by atoms with Crippen molar-refractivity contribution in [2.45, 2.75) is 31.6 Å². The van der Waals surface area contributed by atoms with Gasteiger partial charge >= 0.3 is 5.97 Å². The SMILES string of the molecule is CN1CCC(C(F)(F)CCC(=O)O)CC1. The van der Waals surface area contributed by atoms with Gasteiger partial charge in [0.25, 0.3) is 5.92 Å². The van der Waals surface area contributed by atoms with Crippen molar-refractivity contribution < 1.29 is 18.7 Å². The molecule has 0 bridgehead atoms. The van der Waals surface area contributed by atoms with Crippen LogP contribution in [0, 0.1) is 5.92 Å². The number of aliphatic carboxylic acids is 1. The Balaban J connectivity index is 2.42. The number of nitrogens with zero attached hydrogens (tertiary/aromatic N) is 1. The van der Waals surface area contributed by atoms with E-state index >= 15 is 0 Å². The highest BCUT2D eigenvalue weighted by Gasteiger charge is 2.40. The highest BCUT2D eigenvalue weighted by atomic mass is 19.3. The molecule has 0 unspecified atom stereocenters. The Morgan fingerprint density at radius 1 is 1.47 bits per heavy atom. The molecule has 0 aromatic carbocycles. The summed E-state index contributed by atoms with van der Waals surface area (Å²) < 4.78 is 27.0. The maximum Gasteiger partial charge on any atom is 0.303 e. The van der Waals surface area contributed by atoms with Crippen molar-refractivity contribution in [1.82, 2.24) is 4.90 Å². The maximum absolute atomic E-state index is 13.5. The second-order valence-electron chi connectivity index (χ2n) is 4.23. The molecule has 1 aliphatic heterocycles. The van der Waals surface area contributed by atoms with Gasteiger partial charge in [0, 0.05) is 12.3 Å². The molecule has 1 aliphatic rings. The smallest absolute Gasteiger partial charge is 0.303 e. The second kappa shape index (κ2) is 4.88. The Kier molecular flexibility index (Phi) is 4.02. The Morgan fingerprint density at radius 3 is 2.47 bits per heavy atom. The molecule has 1 fully saturated rings. The summed E-state index contributed by atoms with van der Waals surface area (Å²) in [7, 11) is 1.91. The standard InChI is InChI=1S/C10H17F2NO2/c1-13-6-3-8(4-7-13)10(11,12)5-2-9(14)15/h8H,2-7H2,1H3,(H,14,15). The molecule has 0 aromatic heterocycles. The Labute approximate surface area is 88.1 Å². The van der Waals surface area contributed by atoms with Gasteiger partial charge in [0.05, 0.1) is 6.42 Å². The third-order valence-corrected chi connectivity index (χ3v) is 2.99. The van der Waals surface area contributed by atoms with E-state index in [-0.39, 0.29) is 0 Å². The molecule has 0 amide bonds. The van der Waals surface area contributed by atoms with Gasteiger partial charge in [-0.2, -0.15) is 0 Å². The fraction of sp³-hybridized carbons (Fsp3) is 0.900. The van der Waals surface area contributed by atoms with E-state index in [0.717, 1.165) is 0 Å². The summed E-state index contributed by atoms with van der Waals surface area (Å²) in [5.74, 6) is -4.62. The topological polar surface area (TPSA) is 40.5 Å². The lowest BCUT2D eigenvalue weighted by Crippen LogP contribution is -2.39. The number of carbonyl (C=O) groups is 1. The molecule has 3 nitrogen and oxygen atoms in total. The summed E-state index contributed by atoms with van der Waals surface area (Å²) >= 11 is 0. The lowest BCUT2D eigenvalue weighted by atomic mass is 9.88. The van der Waals surface area contributed by atoms with Crippen LogP contribution in [0.4, 0.5) is 8.78 Å². The van der Waals surface area contributed by atoms with Crippen molar-refractivity contribution in [2.75, 3.05) is 20.1 Å². The summed E-state index contributed by atoms with van der Waals surface area (Å²) in [6.45, 7) is 1.35. The zero-order valence-corrected chi connectivity index (χ0v) is 8.88. The molecule has 5 heteroatoms. The number of alkyl halides is 2. The maximum atomic E-state index is 13.5. The summed E-state index contributed by atoms with van der Waals surface area (Å²) in [5, 5.41) is 8.38. The van der Waals surface area contributed by atoms with Crippen LogP contribution >= 0.6 is 0 Å². The van der Waals surface area contributed by atoms with Crippen LogP contribution < -0.4 is 0 Å². The van der Waals surface area contributed by atoms with Crippen LogP contribution in [0.15, 0.2) is 0 Å².